The number of aliphatic carboxylic acids is 1. The number of ether oxygens (including phenoxy) is 1. The zero-order chi connectivity index (χ0) is 21.1. The van der Waals surface area contributed by atoms with Gasteiger partial charge in [0.15, 0.2) is 0 Å². The van der Waals surface area contributed by atoms with E-state index >= 15 is 0 Å². The quantitative estimate of drug-likeness (QED) is 0.482. The standard InChI is InChI=1S/C23H18F2N2O3/c24-18-4-5-20(21(25)12-18)16-3-1-2-15(10-16)7-9-30-19-11-17-6-8-27(14-22(28)29)23(17)26-13-19/h1-6,8,10-13H,7,9,14H2,(H,28,29). The van der Waals surface area contributed by atoms with Crippen LogP contribution in [0.15, 0.2) is 67.0 Å². The van der Waals surface area contributed by atoms with Gasteiger partial charge in [-0.1, -0.05) is 24.3 Å². The van der Waals surface area contributed by atoms with Crippen molar-refractivity contribution in [1.82, 2.24) is 9.55 Å². The minimum absolute atomic E-state index is 0.151. The summed E-state index contributed by atoms with van der Waals surface area (Å²) in [4.78, 5) is 15.2. The Hall–Kier alpha value is -3.74. The molecule has 2 aromatic carbocycles. The molecule has 0 bridgehead atoms. The number of pyridine rings is 1. The smallest absolute Gasteiger partial charge is 0.323 e. The van der Waals surface area contributed by atoms with E-state index in [-0.39, 0.29) is 6.54 Å². The van der Waals surface area contributed by atoms with E-state index in [1.807, 2.05) is 24.3 Å². The first-order valence-corrected chi connectivity index (χ1v) is 9.33. The monoisotopic (exact) mass is 408 g/mol. The third-order valence-corrected chi connectivity index (χ3v) is 4.71. The maximum Gasteiger partial charge on any atom is 0.323 e. The van der Waals surface area contributed by atoms with Crippen LogP contribution in [0.3, 0.4) is 0 Å². The molecule has 0 unspecified atom stereocenters. The number of fused-ring (bicyclic) bond motifs is 1. The molecule has 0 radical (unpaired) electrons. The van der Waals surface area contributed by atoms with Crippen LogP contribution in [0.4, 0.5) is 8.78 Å². The molecular weight excluding hydrogens is 390 g/mol. The Morgan fingerprint density at radius 2 is 1.97 bits per heavy atom. The predicted molar refractivity (Wildman–Crippen MR) is 108 cm³/mol. The summed E-state index contributed by atoms with van der Waals surface area (Å²) in [5.74, 6) is -1.56. The fraction of sp³-hybridized carbons (Fsp3) is 0.130. The molecule has 2 heterocycles. The molecule has 0 atom stereocenters. The van der Waals surface area contributed by atoms with Gasteiger partial charge in [0.05, 0.1) is 12.8 Å². The van der Waals surface area contributed by atoms with Crippen LogP contribution in [0, 0.1) is 11.6 Å². The number of hydrogen-bond donors (Lipinski definition) is 1. The summed E-state index contributed by atoms with van der Waals surface area (Å²) < 4.78 is 34.5. The molecule has 7 heteroatoms. The molecule has 4 aromatic rings. The van der Waals surface area contributed by atoms with Gasteiger partial charge in [0.2, 0.25) is 0 Å². The molecule has 152 valence electrons. The molecule has 0 aliphatic rings. The Morgan fingerprint density at radius 3 is 2.77 bits per heavy atom. The van der Waals surface area contributed by atoms with Gasteiger partial charge in [0, 0.05) is 29.6 Å². The Morgan fingerprint density at radius 1 is 1.10 bits per heavy atom. The minimum Gasteiger partial charge on any atom is -0.492 e. The number of carboxylic acids is 1. The summed E-state index contributed by atoms with van der Waals surface area (Å²) in [5, 5.41) is 9.73. The van der Waals surface area contributed by atoms with Crippen LogP contribution in [0.5, 0.6) is 5.75 Å². The fourth-order valence-corrected chi connectivity index (χ4v) is 3.31. The highest BCUT2D eigenvalue weighted by molar-refractivity contribution is 5.79. The van der Waals surface area contributed by atoms with Gasteiger partial charge in [-0.25, -0.2) is 13.8 Å². The first-order chi connectivity index (χ1) is 14.5. The molecule has 5 nitrogen and oxygen atoms in total. The zero-order valence-corrected chi connectivity index (χ0v) is 15.9. The third-order valence-electron chi connectivity index (χ3n) is 4.71. The maximum atomic E-state index is 14.0. The second-order valence-corrected chi connectivity index (χ2v) is 6.84. The van der Waals surface area contributed by atoms with Crippen LogP contribution in [0.2, 0.25) is 0 Å². The number of halogens is 2. The second-order valence-electron chi connectivity index (χ2n) is 6.84. The van der Waals surface area contributed by atoms with Crippen molar-refractivity contribution in [2.75, 3.05) is 6.61 Å². The molecule has 0 fully saturated rings. The lowest BCUT2D eigenvalue weighted by Gasteiger charge is -2.09. The number of carbonyl (C=O) groups is 1. The normalized spacial score (nSPS) is 11.0. The van der Waals surface area contributed by atoms with Crippen LogP contribution in [-0.4, -0.2) is 27.2 Å². The van der Waals surface area contributed by atoms with Gasteiger partial charge in [-0.3, -0.25) is 4.79 Å². The van der Waals surface area contributed by atoms with Gasteiger partial charge in [0.25, 0.3) is 0 Å². The van der Waals surface area contributed by atoms with Crippen molar-refractivity contribution in [2.45, 2.75) is 13.0 Å². The van der Waals surface area contributed by atoms with Crippen LogP contribution in [0.25, 0.3) is 22.2 Å². The molecule has 0 spiro atoms. The van der Waals surface area contributed by atoms with Gasteiger partial charge in [-0.2, -0.15) is 0 Å². The van der Waals surface area contributed by atoms with Crippen molar-refractivity contribution in [2.24, 2.45) is 0 Å². The van der Waals surface area contributed by atoms with Gasteiger partial charge in [0.1, 0.15) is 29.6 Å². The SMILES string of the molecule is O=C(O)Cn1ccc2cc(OCCc3cccc(-c4ccc(F)cc4F)c3)cnc21. The summed E-state index contributed by atoms with van der Waals surface area (Å²) in [6, 6.07) is 14.5. The van der Waals surface area contributed by atoms with E-state index in [0.29, 0.717) is 35.6 Å². The summed E-state index contributed by atoms with van der Waals surface area (Å²) in [6.45, 7) is 0.236. The largest absolute Gasteiger partial charge is 0.492 e. The minimum atomic E-state index is -0.933. The first kappa shape index (κ1) is 19.6. The third kappa shape index (κ3) is 4.30. The number of nitrogens with zero attached hydrogens (tertiary/aromatic N) is 2. The second kappa shape index (κ2) is 8.32. The van der Waals surface area contributed by atoms with Crippen LogP contribution >= 0.6 is 0 Å². The molecule has 0 aliphatic carbocycles. The molecule has 2 aromatic heterocycles. The molecule has 0 aliphatic heterocycles. The van der Waals surface area contributed by atoms with Crippen LogP contribution in [0.1, 0.15) is 5.56 Å². The lowest BCUT2D eigenvalue weighted by molar-refractivity contribution is -0.137. The Labute approximate surface area is 171 Å². The molecule has 30 heavy (non-hydrogen) atoms. The first-order valence-electron chi connectivity index (χ1n) is 9.33. The van der Waals surface area contributed by atoms with Crippen molar-refractivity contribution in [3.05, 3.63) is 84.2 Å². The maximum absolute atomic E-state index is 14.0. The number of hydrogen-bond acceptors (Lipinski definition) is 3. The molecular formula is C23H18F2N2O3. The van der Waals surface area contributed by atoms with Gasteiger partial charge in [-0.05, 0) is 35.4 Å². The average Bonchev–Trinajstić information content (AvgIpc) is 3.10. The van der Waals surface area contributed by atoms with Crippen LogP contribution < -0.4 is 4.74 Å². The van der Waals surface area contributed by atoms with E-state index in [4.69, 9.17) is 9.84 Å². The van der Waals surface area contributed by atoms with E-state index in [0.717, 1.165) is 17.0 Å². The van der Waals surface area contributed by atoms with Crippen molar-refractivity contribution in [3.63, 3.8) is 0 Å². The van der Waals surface area contributed by atoms with Crippen molar-refractivity contribution in [3.8, 4) is 16.9 Å². The Bertz CT molecular complexity index is 1220. The van der Waals surface area contributed by atoms with Crippen molar-refractivity contribution < 1.29 is 23.4 Å². The molecule has 4 rings (SSSR count). The van der Waals surface area contributed by atoms with Crippen LogP contribution in [-0.2, 0) is 17.8 Å². The van der Waals surface area contributed by atoms with E-state index in [1.54, 1.807) is 29.1 Å². The number of aromatic nitrogens is 2. The highest BCUT2D eigenvalue weighted by Crippen LogP contribution is 2.25. The van der Waals surface area contributed by atoms with E-state index in [1.165, 1.54) is 12.1 Å². The van der Waals surface area contributed by atoms with Crippen molar-refractivity contribution >= 4 is 17.0 Å². The topological polar surface area (TPSA) is 64.3 Å². The molecule has 0 saturated heterocycles. The Balaban J connectivity index is 1.42. The summed E-state index contributed by atoms with van der Waals surface area (Å²) in [6.07, 6.45) is 3.83. The van der Waals surface area contributed by atoms with E-state index in [2.05, 4.69) is 4.98 Å². The molecule has 1 N–H and O–H groups in total. The highest BCUT2D eigenvalue weighted by atomic mass is 19.1. The number of rotatable bonds is 7. The zero-order valence-electron chi connectivity index (χ0n) is 15.9. The predicted octanol–water partition coefficient (Wildman–Crippen LogP) is 4.69. The summed E-state index contributed by atoms with van der Waals surface area (Å²) in [5.41, 5.74) is 2.56. The van der Waals surface area contributed by atoms with E-state index < -0.39 is 17.6 Å². The lowest BCUT2D eigenvalue weighted by Crippen LogP contribution is -2.08. The van der Waals surface area contributed by atoms with E-state index in [9.17, 15) is 13.6 Å². The van der Waals surface area contributed by atoms with Crippen molar-refractivity contribution in [1.29, 1.82) is 0 Å². The van der Waals surface area contributed by atoms with Gasteiger partial charge >= 0.3 is 5.97 Å². The Kier molecular flexibility index (Phi) is 5.43. The molecule has 0 amide bonds. The molecule has 0 saturated carbocycles. The lowest BCUT2D eigenvalue weighted by atomic mass is 10.0. The number of carboxylic acid groups (broad SMARTS) is 1. The van der Waals surface area contributed by atoms with Gasteiger partial charge in [-0.15, -0.1) is 0 Å². The summed E-state index contributed by atoms with van der Waals surface area (Å²) >= 11 is 0. The average molecular weight is 408 g/mol. The van der Waals surface area contributed by atoms with Gasteiger partial charge < -0.3 is 14.4 Å². The summed E-state index contributed by atoms with van der Waals surface area (Å²) in [7, 11) is 0. The number of benzene rings is 2. The highest BCUT2D eigenvalue weighted by Gasteiger charge is 2.09. The fourth-order valence-electron chi connectivity index (χ4n) is 3.31.